The summed E-state index contributed by atoms with van der Waals surface area (Å²) < 4.78 is 32.8. The molecule has 1 amide bonds. The number of ether oxygens (including phenoxy) is 1. The first-order valence-corrected chi connectivity index (χ1v) is 10.2. The van der Waals surface area contributed by atoms with Crippen LogP contribution in [0.2, 0.25) is 0 Å². The van der Waals surface area contributed by atoms with Gasteiger partial charge in [0.15, 0.2) is 0 Å². The number of aryl methyl sites for hydroxylation is 1. The summed E-state index contributed by atoms with van der Waals surface area (Å²) in [4.78, 5) is 12.6. The van der Waals surface area contributed by atoms with Crippen molar-refractivity contribution in [1.29, 1.82) is 0 Å². The van der Waals surface area contributed by atoms with E-state index in [1.165, 1.54) is 7.11 Å². The second kappa shape index (κ2) is 8.90. The Morgan fingerprint density at radius 2 is 1.85 bits per heavy atom. The summed E-state index contributed by atoms with van der Waals surface area (Å²) in [5, 5.41) is 2.81. The Labute approximate surface area is 161 Å². The molecule has 0 saturated heterocycles. The van der Waals surface area contributed by atoms with E-state index in [-0.39, 0.29) is 23.4 Å². The van der Waals surface area contributed by atoms with E-state index in [2.05, 4.69) is 5.32 Å². The third-order valence-corrected chi connectivity index (χ3v) is 6.05. The molecule has 0 spiro atoms. The van der Waals surface area contributed by atoms with Crippen molar-refractivity contribution in [3.8, 4) is 5.75 Å². The van der Waals surface area contributed by atoms with Crippen molar-refractivity contribution in [3.05, 3.63) is 54.1 Å². The molecule has 0 saturated carbocycles. The first-order chi connectivity index (χ1) is 12.8. The molecule has 0 aliphatic carbocycles. The van der Waals surface area contributed by atoms with Gasteiger partial charge in [0.05, 0.1) is 17.7 Å². The topological polar surface area (TPSA) is 75.7 Å². The second-order valence-electron chi connectivity index (χ2n) is 6.40. The summed E-state index contributed by atoms with van der Waals surface area (Å²) in [7, 11) is -2.41. The Hall–Kier alpha value is -2.54. The fraction of sp³-hybridized carbons (Fsp3) is 0.350. The number of amides is 1. The van der Waals surface area contributed by atoms with Gasteiger partial charge in [-0.25, -0.2) is 8.42 Å². The van der Waals surface area contributed by atoms with Crippen molar-refractivity contribution in [1.82, 2.24) is 5.32 Å². The van der Waals surface area contributed by atoms with Gasteiger partial charge in [-0.1, -0.05) is 30.7 Å². The van der Waals surface area contributed by atoms with E-state index in [0.717, 1.165) is 16.3 Å². The Kier molecular flexibility index (Phi) is 6.85. The van der Waals surface area contributed by atoms with E-state index in [1.54, 1.807) is 48.5 Å². The van der Waals surface area contributed by atoms with Crippen LogP contribution < -0.4 is 14.4 Å². The highest BCUT2D eigenvalue weighted by Gasteiger charge is 2.27. The van der Waals surface area contributed by atoms with Crippen LogP contribution >= 0.6 is 0 Å². The zero-order valence-electron chi connectivity index (χ0n) is 16.1. The number of hydrogen-bond donors (Lipinski definition) is 1. The molecule has 2 aromatic rings. The fourth-order valence-corrected chi connectivity index (χ4v) is 3.88. The lowest BCUT2D eigenvalue weighted by molar-refractivity contribution is -0.120. The van der Waals surface area contributed by atoms with Crippen LogP contribution in [-0.2, 0) is 14.8 Å². The first kappa shape index (κ1) is 20.8. The third kappa shape index (κ3) is 5.23. The van der Waals surface area contributed by atoms with Crippen LogP contribution in [0.15, 0.2) is 53.4 Å². The van der Waals surface area contributed by atoms with Crippen LogP contribution in [0.3, 0.4) is 0 Å². The van der Waals surface area contributed by atoms with Crippen molar-refractivity contribution < 1.29 is 17.9 Å². The summed E-state index contributed by atoms with van der Waals surface area (Å²) in [6.07, 6.45) is 0.760. The highest BCUT2D eigenvalue weighted by molar-refractivity contribution is 7.92. The molecule has 0 bridgehead atoms. The minimum absolute atomic E-state index is 0.0354. The van der Waals surface area contributed by atoms with Gasteiger partial charge in [0.1, 0.15) is 12.3 Å². The maximum Gasteiger partial charge on any atom is 0.264 e. The molecule has 0 aliphatic rings. The average molecular weight is 391 g/mol. The zero-order valence-corrected chi connectivity index (χ0v) is 16.9. The quantitative estimate of drug-likeness (QED) is 0.751. The predicted octanol–water partition coefficient (Wildman–Crippen LogP) is 3.11. The molecule has 146 valence electrons. The minimum Gasteiger partial charge on any atom is -0.497 e. The zero-order chi connectivity index (χ0) is 20.0. The number of sulfonamides is 1. The molecular formula is C20H26N2O4S. The van der Waals surface area contributed by atoms with E-state index in [4.69, 9.17) is 4.74 Å². The summed E-state index contributed by atoms with van der Waals surface area (Å²) in [6.45, 7) is 5.40. The van der Waals surface area contributed by atoms with Crippen LogP contribution in [0.4, 0.5) is 5.69 Å². The van der Waals surface area contributed by atoms with Gasteiger partial charge < -0.3 is 10.1 Å². The molecule has 0 aromatic heterocycles. The van der Waals surface area contributed by atoms with E-state index >= 15 is 0 Å². The Morgan fingerprint density at radius 1 is 1.19 bits per heavy atom. The third-order valence-electron chi connectivity index (χ3n) is 4.26. The van der Waals surface area contributed by atoms with Crippen LogP contribution in [0.25, 0.3) is 0 Å². The molecule has 1 N–H and O–H groups in total. The number of nitrogens with zero attached hydrogens (tertiary/aromatic N) is 1. The lowest BCUT2D eigenvalue weighted by atomic mass is 10.2. The average Bonchev–Trinajstić information content (AvgIpc) is 2.66. The molecule has 2 aromatic carbocycles. The smallest absolute Gasteiger partial charge is 0.264 e. The maximum atomic E-state index is 13.2. The molecule has 6 nitrogen and oxygen atoms in total. The SMILES string of the molecule is CC[C@H](C)NC(=O)CN(c1cccc(OC)c1)S(=O)(=O)c1ccc(C)cc1. The molecule has 0 heterocycles. The number of rotatable bonds is 8. The summed E-state index contributed by atoms with van der Waals surface area (Å²) in [6, 6.07) is 13.2. The summed E-state index contributed by atoms with van der Waals surface area (Å²) in [5.41, 5.74) is 1.32. The fourth-order valence-electron chi connectivity index (χ4n) is 2.47. The van der Waals surface area contributed by atoms with Gasteiger partial charge in [0, 0.05) is 12.1 Å². The van der Waals surface area contributed by atoms with Crippen molar-refractivity contribution >= 4 is 21.6 Å². The largest absolute Gasteiger partial charge is 0.497 e. The molecule has 2 rings (SSSR count). The highest BCUT2D eigenvalue weighted by Crippen LogP contribution is 2.27. The molecule has 0 fully saturated rings. The van der Waals surface area contributed by atoms with Gasteiger partial charge in [-0.15, -0.1) is 0 Å². The van der Waals surface area contributed by atoms with Crippen LogP contribution in [0, 0.1) is 6.92 Å². The Balaban J connectivity index is 2.45. The van der Waals surface area contributed by atoms with Crippen molar-refractivity contribution in [3.63, 3.8) is 0 Å². The Morgan fingerprint density at radius 3 is 2.44 bits per heavy atom. The highest BCUT2D eigenvalue weighted by atomic mass is 32.2. The number of methoxy groups -OCH3 is 1. The van der Waals surface area contributed by atoms with E-state index in [0.29, 0.717) is 11.4 Å². The van der Waals surface area contributed by atoms with Gasteiger partial charge in [-0.2, -0.15) is 0 Å². The molecule has 0 unspecified atom stereocenters. The normalized spacial score (nSPS) is 12.3. The standard InChI is InChI=1S/C20H26N2O4S/c1-5-16(3)21-20(23)14-22(17-7-6-8-18(13-17)26-4)27(24,25)19-11-9-15(2)10-12-19/h6-13,16H,5,14H2,1-4H3,(H,21,23)/t16-/m0/s1. The maximum absolute atomic E-state index is 13.2. The number of nitrogens with one attached hydrogen (secondary N) is 1. The number of benzene rings is 2. The lowest BCUT2D eigenvalue weighted by Crippen LogP contribution is -2.43. The molecule has 27 heavy (non-hydrogen) atoms. The minimum atomic E-state index is -3.92. The first-order valence-electron chi connectivity index (χ1n) is 8.80. The molecule has 7 heteroatoms. The summed E-state index contributed by atoms with van der Waals surface area (Å²) >= 11 is 0. The number of carbonyl (C=O) groups is 1. The monoisotopic (exact) mass is 390 g/mol. The van der Waals surface area contributed by atoms with Crippen molar-refractivity contribution in [2.45, 2.75) is 38.1 Å². The molecule has 0 aliphatic heterocycles. The van der Waals surface area contributed by atoms with Crippen LogP contribution in [0.1, 0.15) is 25.8 Å². The number of hydrogen-bond acceptors (Lipinski definition) is 4. The van der Waals surface area contributed by atoms with E-state index in [9.17, 15) is 13.2 Å². The van der Waals surface area contributed by atoms with Crippen LogP contribution in [0.5, 0.6) is 5.75 Å². The van der Waals surface area contributed by atoms with Gasteiger partial charge in [0.25, 0.3) is 10.0 Å². The molecule has 0 radical (unpaired) electrons. The number of carbonyl (C=O) groups excluding carboxylic acids is 1. The summed E-state index contributed by atoms with van der Waals surface area (Å²) in [5.74, 6) is 0.154. The predicted molar refractivity (Wildman–Crippen MR) is 107 cm³/mol. The van der Waals surface area contributed by atoms with Gasteiger partial charge in [-0.3, -0.25) is 9.10 Å². The van der Waals surface area contributed by atoms with Crippen molar-refractivity contribution in [2.75, 3.05) is 18.0 Å². The second-order valence-corrected chi connectivity index (χ2v) is 8.27. The van der Waals surface area contributed by atoms with Crippen molar-refractivity contribution in [2.24, 2.45) is 0 Å². The molecule has 1 atom stereocenters. The molecular weight excluding hydrogens is 364 g/mol. The van der Waals surface area contributed by atoms with Gasteiger partial charge in [-0.05, 0) is 44.5 Å². The number of anilines is 1. The van der Waals surface area contributed by atoms with E-state index in [1.807, 2.05) is 20.8 Å². The van der Waals surface area contributed by atoms with Gasteiger partial charge in [0.2, 0.25) is 5.91 Å². The Bertz CT molecular complexity index is 879. The lowest BCUT2D eigenvalue weighted by Gasteiger charge is -2.25. The van der Waals surface area contributed by atoms with Crippen LogP contribution in [-0.4, -0.2) is 34.0 Å². The van der Waals surface area contributed by atoms with E-state index < -0.39 is 10.0 Å². The van der Waals surface area contributed by atoms with Gasteiger partial charge >= 0.3 is 0 Å².